The number of aryl methyl sites for hydroxylation is 1. The van der Waals surface area contributed by atoms with Crippen molar-refractivity contribution in [1.29, 1.82) is 0 Å². The zero-order valence-electron chi connectivity index (χ0n) is 17.5. The van der Waals surface area contributed by atoms with Gasteiger partial charge in [-0.25, -0.2) is 4.98 Å². The van der Waals surface area contributed by atoms with Gasteiger partial charge in [0.05, 0.1) is 23.2 Å². The van der Waals surface area contributed by atoms with Gasteiger partial charge < -0.3 is 9.29 Å². The normalized spacial score (nSPS) is 19.8. The Morgan fingerprint density at radius 1 is 1.39 bits per heavy atom. The first kappa shape index (κ1) is 21.0. The van der Waals surface area contributed by atoms with Crippen LogP contribution < -0.4 is 5.56 Å². The molecule has 1 aliphatic heterocycles. The van der Waals surface area contributed by atoms with Gasteiger partial charge in [0.15, 0.2) is 0 Å². The van der Waals surface area contributed by atoms with Gasteiger partial charge in [-0.1, -0.05) is 4.40 Å². The zero-order chi connectivity index (χ0) is 20.6. The summed E-state index contributed by atoms with van der Waals surface area (Å²) < 4.78 is 23.7. The van der Waals surface area contributed by atoms with Crippen LogP contribution in [0.5, 0.6) is 0 Å². The summed E-state index contributed by atoms with van der Waals surface area (Å²) in [5.74, 6) is 0.845. The molecular formula is C21H29N3O3S. The van der Waals surface area contributed by atoms with Gasteiger partial charge >= 0.3 is 0 Å². The largest absolute Gasteiger partial charge is 0.591 e. The topological polar surface area (TPSA) is 79.5 Å². The fourth-order valence-electron chi connectivity index (χ4n) is 3.43. The lowest BCUT2D eigenvalue weighted by atomic mass is 9.99. The van der Waals surface area contributed by atoms with Crippen molar-refractivity contribution in [2.24, 2.45) is 11.4 Å². The molecular weight excluding hydrogens is 374 g/mol. The third kappa shape index (κ3) is 4.16. The Morgan fingerprint density at radius 2 is 2.11 bits per heavy atom. The lowest BCUT2D eigenvalue weighted by Gasteiger charge is -2.24. The van der Waals surface area contributed by atoms with E-state index in [9.17, 15) is 9.35 Å². The van der Waals surface area contributed by atoms with E-state index in [1.165, 1.54) is 0 Å². The molecule has 2 heterocycles. The van der Waals surface area contributed by atoms with Gasteiger partial charge in [-0.2, -0.15) is 0 Å². The Hall–Kier alpha value is -1.70. The molecule has 6 nitrogen and oxygen atoms in total. The molecule has 2 aromatic rings. The lowest BCUT2D eigenvalue weighted by Crippen LogP contribution is -2.29. The molecule has 0 spiro atoms. The molecule has 3 rings (SSSR count). The molecule has 1 saturated heterocycles. The summed E-state index contributed by atoms with van der Waals surface area (Å²) in [4.78, 5) is 18.0. The third-order valence-electron chi connectivity index (χ3n) is 5.02. The molecule has 0 aliphatic carbocycles. The van der Waals surface area contributed by atoms with Crippen molar-refractivity contribution in [1.82, 2.24) is 9.55 Å². The number of hydrogen-bond donors (Lipinski definition) is 0. The highest BCUT2D eigenvalue weighted by molar-refractivity contribution is 7.91. The summed E-state index contributed by atoms with van der Waals surface area (Å²) in [6, 6.07) is 3.83. The highest BCUT2D eigenvalue weighted by Gasteiger charge is 2.28. The Kier molecular flexibility index (Phi) is 5.98. The van der Waals surface area contributed by atoms with Crippen molar-refractivity contribution in [3.8, 4) is 0 Å². The summed E-state index contributed by atoms with van der Waals surface area (Å²) in [6.07, 6.45) is 1.92. The maximum atomic E-state index is 13.1. The van der Waals surface area contributed by atoms with Crippen molar-refractivity contribution < 1.29 is 9.29 Å². The lowest BCUT2D eigenvalue weighted by molar-refractivity contribution is 0.0770. The minimum absolute atomic E-state index is 0.0692. The molecule has 7 heteroatoms. The molecule has 0 saturated carbocycles. The number of hydrogen-bond acceptors (Lipinski definition) is 5. The fraction of sp³-hybridized carbons (Fsp3) is 0.571. The highest BCUT2D eigenvalue weighted by Crippen LogP contribution is 2.26. The molecule has 1 aromatic heterocycles. The van der Waals surface area contributed by atoms with Gasteiger partial charge in [0.1, 0.15) is 21.9 Å². The number of rotatable bonds is 3. The van der Waals surface area contributed by atoms with Crippen LogP contribution in [-0.4, -0.2) is 37.8 Å². The first-order chi connectivity index (χ1) is 13.1. The van der Waals surface area contributed by atoms with Gasteiger partial charge in [0.25, 0.3) is 5.56 Å². The van der Waals surface area contributed by atoms with Crippen LogP contribution in [0.2, 0.25) is 0 Å². The molecule has 1 aliphatic rings. The van der Waals surface area contributed by atoms with Crippen LogP contribution >= 0.6 is 0 Å². The molecule has 152 valence electrons. The zero-order valence-corrected chi connectivity index (χ0v) is 18.4. The van der Waals surface area contributed by atoms with Gasteiger partial charge in [0, 0.05) is 25.1 Å². The van der Waals surface area contributed by atoms with Crippen molar-refractivity contribution in [2.75, 3.05) is 13.2 Å². The summed E-state index contributed by atoms with van der Waals surface area (Å²) in [5.41, 5.74) is 2.91. The second kappa shape index (κ2) is 7.97. The van der Waals surface area contributed by atoms with Crippen LogP contribution in [0.1, 0.15) is 63.4 Å². The molecule has 2 unspecified atom stereocenters. The average Bonchev–Trinajstić information content (AvgIpc) is 2.64. The SMILES string of the molecule is CC(=N[S+]([O-])C(C)(C)C)c1cc(C)cc2c(=O)n(C)c(C3CCCOC3)nc12. The fourth-order valence-corrected chi connectivity index (χ4v) is 4.05. The van der Waals surface area contributed by atoms with Crippen LogP contribution in [0.25, 0.3) is 10.9 Å². The van der Waals surface area contributed by atoms with Crippen LogP contribution in [0, 0.1) is 6.92 Å². The van der Waals surface area contributed by atoms with E-state index in [1.54, 1.807) is 11.6 Å². The van der Waals surface area contributed by atoms with E-state index in [0.29, 0.717) is 23.2 Å². The molecule has 2 atom stereocenters. The van der Waals surface area contributed by atoms with Crippen LogP contribution in [-0.2, 0) is 23.1 Å². The number of aromatic nitrogens is 2. The maximum absolute atomic E-state index is 13.1. The average molecular weight is 404 g/mol. The summed E-state index contributed by atoms with van der Waals surface area (Å²) in [5, 5.41) is 0.564. The van der Waals surface area contributed by atoms with Gasteiger partial charge in [-0.3, -0.25) is 9.36 Å². The van der Waals surface area contributed by atoms with E-state index in [2.05, 4.69) is 4.40 Å². The predicted molar refractivity (Wildman–Crippen MR) is 115 cm³/mol. The quantitative estimate of drug-likeness (QED) is 0.581. The number of ether oxygens (including phenoxy) is 1. The Balaban J connectivity index is 2.21. The summed E-state index contributed by atoms with van der Waals surface area (Å²) in [6.45, 7) is 10.8. The van der Waals surface area contributed by atoms with Crippen molar-refractivity contribution in [3.63, 3.8) is 0 Å². The van der Waals surface area contributed by atoms with Crippen LogP contribution in [0.15, 0.2) is 21.3 Å². The smallest absolute Gasteiger partial charge is 0.261 e. The molecule has 1 aromatic carbocycles. The molecule has 0 radical (unpaired) electrons. The summed E-state index contributed by atoms with van der Waals surface area (Å²) in [7, 11) is 1.77. The van der Waals surface area contributed by atoms with Crippen LogP contribution in [0.4, 0.5) is 0 Å². The first-order valence-corrected chi connectivity index (χ1v) is 10.8. The minimum Gasteiger partial charge on any atom is -0.591 e. The Bertz CT molecular complexity index is 969. The number of fused-ring (bicyclic) bond motifs is 1. The standard InChI is InChI=1S/C21H29N3O3S/c1-13-10-16(14(2)23-28(26)21(3,4)5)18-17(11-13)20(25)24(6)19(22-18)15-8-7-9-27-12-15/h10-11,15H,7-9,12H2,1-6H3. The molecule has 0 N–H and O–H groups in total. The van der Waals surface area contributed by atoms with Crippen molar-refractivity contribution >= 4 is 28.0 Å². The van der Waals surface area contributed by atoms with E-state index in [0.717, 1.165) is 36.4 Å². The molecule has 0 amide bonds. The van der Waals surface area contributed by atoms with Gasteiger partial charge in [-0.05, 0) is 65.2 Å². The van der Waals surface area contributed by atoms with E-state index < -0.39 is 16.1 Å². The minimum atomic E-state index is -1.38. The van der Waals surface area contributed by atoms with Gasteiger partial charge in [0.2, 0.25) is 0 Å². The van der Waals surface area contributed by atoms with Crippen LogP contribution in [0.3, 0.4) is 0 Å². The molecule has 1 fully saturated rings. The summed E-state index contributed by atoms with van der Waals surface area (Å²) >= 11 is -1.38. The predicted octanol–water partition coefficient (Wildman–Crippen LogP) is 3.41. The van der Waals surface area contributed by atoms with E-state index in [4.69, 9.17) is 9.72 Å². The van der Waals surface area contributed by atoms with E-state index >= 15 is 0 Å². The van der Waals surface area contributed by atoms with E-state index in [1.807, 2.05) is 46.8 Å². The number of benzene rings is 1. The second-order valence-electron chi connectivity index (χ2n) is 8.50. The van der Waals surface area contributed by atoms with E-state index in [-0.39, 0.29) is 11.5 Å². The Labute approximate surface area is 169 Å². The van der Waals surface area contributed by atoms with Gasteiger partial charge in [-0.15, -0.1) is 0 Å². The second-order valence-corrected chi connectivity index (χ2v) is 10.4. The first-order valence-electron chi connectivity index (χ1n) is 9.66. The monoisotopic (exact) mass is 403 g/mol. The number of nitrogens with zero attached hydrogens (tertiary/aromatic N) is 3. The highest BCUT2D eigenvalue weighted by atomic mass is 32.2. The van der Waals surface area contributed by atoms with Crippen molar-refractivity contribution in [3.05, 3.63) is 39.4 Å². The Morgan fingerprint density at radius 3 is 2.71 bits per heavy atom. The molecule has 28 heavy (non-hydrogen) atoms. The maximum Gasteiger partial charge on any atom is 0.261 e. The van der Waals surface area contributed by atoms with Crippen molar-refractivity contribution in [2.45, 2.75) is 58.1 Å². The molecule has 0 bridgehead atoms. The third-order valence-corrected chi connectivity index (χ3v) is 6.51.